The number of hydrogen-bond acceptors (Lipinski definition) is 3. The van der Waals surface area contributed by atoms with E-state index in [0.29, 0.717) is 5.92 Å². The number of benzene rings is 1. The quantitative estimate of drug-likeness (QED) is 0.473. The lowest BCUT2D eigenvalue weighted by Gasteiger charge is -2.18. The summed E-state index contributed by atoms with van der Waals surface area (Å²) in [5, 5.41) is 8.93. The second-order valence-corrected chi connectivity index (χ2v) is 7.25. The first kappa shape index (κ1) is 17.5. The minimum absolute atomic E-state index is 0.479. The fourth-order valence-corrected chi connectivity index (χ4v) is 3.63. The van der Waals surface area contributed by atoms with Crippen LogP contribution in [0.5, 0.6) is 0 Å². The standard InChI is InChI=1S/C20H26N4S/c1-16(19-6-5-13-25-19)14-22-20(21-2)23-15-17-7-9-18(10-8-17)24-11-3-4-12-24/h3-10,13,16H,11-12,14-15H2,1-2H3,(H2,21,22,23). The van der Waals surface area contributed by atoms with Crippen molar-refractivity contribution >= 4 is 23.0 Å². The molecule has 2 aromatic rings. The van der Waals surface area contributed by atoms with Gasteiger partial charge in [-0.1, -0.05) is 37.3 Å². The van der Waals surface area contributed by atoms with Crippen LogP contribution in [0.1, 0.15) is 23.3 Å². The first-order valence-corrected chi connectivity index (χ1v) is 9.61. The van der Waals surface area contributed by atoms with Crippen molar-refractivity contribution in [1.82, 2.24) is 10.6 Å². The zero-order chi connectivity index (χ0) is 17.5. The van der Waals surface area contributed by atoms with E-state index in [0.717, 1.165) is 32.1 Å². The highest BCUT2D eigenvalue weighted by Crippen LogP contribution is 2.19. The second-order valence-electron chi connectivity index (χ2n) is 6.27. The van der Waals surface area contributed by atoms with E-state index in [1.165, 1.54) is 16.1 Å². The lowest BCUT2D eigenvalue weighted by molar-refractivity contribution is 0.708. The summed E-state index contributed by atoms with van der Waals surface area (Å²) >= 11 is 1.80. The van der Waals surface area contributed by atoms with E-state index in [-0.39, 0.29) is 0 Å². The van der Waals surface area contributed by atoms with Gasteiger partial charge in [0.2, 0.25) is 0 Å². The van der Waals surface area contributed by atoms with Crippen molar-refractivity contribution in [2.45, 2.75) is 19.4 Å². The largest absolute Gasteiger partial charge is 0.364 e. The zero-order valence-corrected chi connectivity index (χ0v) is 15.7. The molecule has 0 bridgehead atoms. The van der Waals surface area contributed by atoms with E-state index in [9.17, 15) is 0 Å². The minimum atomic E-state index is 0.479. The highest BCUT2D eigenvalue weighted by atomic mass is 32.1. The van der Waals surface area contributed by atoms with Crippen LogP contribution in [0.2, 0.25) is 0 Å². The van der Waals surface area contributed by atoms with Crippen molar-refractivity contribution in [3.8, 4) is 0 Å². The van der Waals surface area contributed by atoms with Crippen LogP contribution in [-0.2, 0) is 6.54 Å². The van der Waals surface area contributed by atoms with Gasteiger partial charge in [-0.05, 0) is 29.1 Å². The van der Waals surface area contributed by atoms with E-state index in [4.69, 9.17) is 0 Å². The molecule has 0 fully saturated rings. The van der Waals surface area contributed by atoms with E-state index in [1.807, 2.05) is 7.05 Å². The van der Waals surface area contributed by atoms with Gasteiger partial charge in [0.15, 0.2) is 5.96 Å². The monoisotopic (exact) mass is 354 g/mol. The average Bonchev–Trinajstić information content (AvgIpc) is 3.36. The van der Waals surface area contributed by atoms with E-state index in [2.05, 4.69) is 81.4 Å². The lowest BCUT2D eigenvalue weighted by Crippen LogP contribution is -2.38. The van der Waals surface area contributed by atoms with Crippen molar-refractivity contribution in [3.63, 3.8) is 0 Å². The van der Waals surface area contributed by atoms with Crippen LogP contribution in [0.15, 0.2) is 58.9 Å². The Hall–Kier alpha value is -2.27. The molecule has 4 nitrogen and oxygen atoms in total. The van der Waals surface area contributed by atoms with Crippen molar-refractivity contribution in [3.05, 3.63) is 64.4 Å². The van der Waals surface area contributed by atoms with E-state index in [1.54, 1.807) is 11.3 Å². The molecule has 0 aliphatic carbocycles. The van der Waals surface area contributed by atoms with E-state index < -0.39 is 0 Å². The van der Waals surface area contributed by atoms with Crippen LogP contribution in [0, 0.1) is 0 Å². The van der Waals surface area contributed by atoms with Gasteiger partial charge in [-0.15, -0.1) is 11.3 Å². The van der Waals surface area contributed by atoms with Crippen LogP contribution in [0.4, 0.5) is 5.69 Å². The fourth-order valence-electron chi connectivity index (χ4n) is 2.84. The molecule has 5 heteroatoms. The van der Waals surface area contributed by atoms with Crippen molar-refractivity contribution in [2.75, 3.05) is 31.6 Å². The number of hydrogen-bond donors (Lipinski definition) is 2. The van der Waals surface area contributed by atoms with Crippen LogP contribution < -0.4 is 15.5 Å². The first-order valence-electron chi connectivity index (χ1n) is 8.73. The molecule has 1 aromatic carbocycles. The lowest BCUT2D eigenvalue weighted by atomic mass is 10.1. The predicted molar refractivity (Wildman–Crippen MR) is 109 cm³/mol. The van der Waals surface area contributed by atoms with Gasteiger partial charge in [0.25, 0.3) is 0 Å². The number of nitrogens with one attached hydrogen (secondary N) is 2. The summed E-state index contributed by atoms with van der Waals surface area (Å²) in [6.45, 7) is 5.90. The molecule has 2 heterocycles. The number of nitrogens with zero attached hydrogens (tertiary/aromatic N) is 2. The SMILES string of the molecule is CN=C(NCc1ccc(N2CC=CC2)cc1)NCC(C)c1cccs1. The maximum Gasteiger partial charge on any atom is 0.191 e. The van der Waals surface area contributed by atoms with Crippen molar-refractivity contribution < 1.29 is 0 Å². The van der Waals surface area contributed by atoms with Crippen LogP contribution in [-0.4, -0.2) is 32.6 Å². The smallest absolute Gasteiger partial charge is 0.191 e. The molecular weight excluding hydrogens is 328 g/mol. The first-order chi connectivity index (χ1) is 12.3. The molecule has 1 unspecified atom stereocenters. The highest BCUT2D eigenvalue weighted by Gasteiger charge is 2.09. The molecule has 25 heavy (non-hydrogen) atoms. The minimum Gasteiger partial charge on any atom is -0.364 e. The zero-order valence-electron chi connectivity index (χ0n) is 14.9. The Kier molecular flexibility index (Phi) is 6.12. The fraction of sp³-hybridized carbons (Fsp3) is 0.350. The second kappa shape index (κ2) is 8.72. The Morgan fingerprint density at radius 1 is 1.16 bits per heavy atom. The molecule has 1 aromatic heterocycles. The van der Waals surface area contributed by atoms with E-state index >= 15 is 0 Å². The van der Waals surface area contributed by atoms with Crippen LogP contribution in [0.3, 0.4) is 0 Å². The number of rotatable bonds is 6. The molecule has 3 rings (SSSR count). The molecule has 1 aliphatic heterocycles. The number of anilines is 1. The van der Waals surface area contributed by atoms with Gasteiger partial charge >= 0.3 is 0 Å². The number of thiophene rings is 1. The summed E-state index contributed by atoms with van der Waals surface area (Å²) in [5.74, 6) is 1.32. The maximum absolute atomic E-state index is 4.32. The van der Waals surface area contributed by atoms with Crippen LogP contribution in [0.25, 0.3) is 0 Å². The third-order valence-corrected chi connectivity index (χ3v) is 5.51. The Bertz CT molecular complexity index is 696. The molecule has 0 radical (unpaired) electrons. The third kappa shape index (κ3) is 4.86. The Balaban J connectivity index is 1.46. The molecule has 0 amide bonds. The molecule has 132 valence electrons. The van der Waals surface area contributed by atoms with Gasteiger partial charge in [0, 0.05) is 49.7 Å². The number of aliphatic imine (C=N–C) groups is 1. The molecule has 0 saturated carbocycles. The van der Waals surface area contributed by atoms with Gasteiger partial charge in [-0.3, -0.25) is 4.99 Å². The summed E-state index contributed by atoms with van der Waals surface area (Å²) in [4.78, 5) is 8.07. The summed E-state index contributed by atoms with van der Waals surface area (Å²) in [6, 6.07) is 13.0. The van der Waals surface area contributed by atoms with Gasteiger partial charge < -0.3 is 15.5 Å². The Labute approximate surface area is 154 Å². The summed E-state index contributed by atoms with van der Waals surface area (Å²) in [5.41, 5.74) is 2.53. The van der Waals surface area contributed by atoms with Crippen molar-refractivity contribution in [2.24, 2.45) is 4.99 Å². The molecule has 2 N–H and O–H groups in total. The number of guanidine groups is 1. The highest BCUT2D eigenvalue weighted by molar-refractivity contribution is 7.10. The molecular formula is C20H26N4S. The van der Waals surface area contributed by atoms with Gasteiger partial charge in [0.1, 0.15) is 0 Å². The molecule has 0 saturated heterocycles. The topological polar surface area (TPSA) is 39.7 Å². The third-order valence-electron chi connectivity index (χ3n) is 4.41. The molecule has 1 atom stereocenters. The summed E-state index contributed by atoms with van der Waals surface area (Å²) in [7, 11) is 1.81. The van der Waals surface area contributed by atoms with Gasteiger partial charge in [-0.25, -0.2) is 0 Å². The van der Waals surface area contributed by atoms with Crippen LogP contribution >= 0.6 is 11.3 Å². The molecule has 0 spiro atoms. The summed E-state index contributed by atoms with van der Waals surface area (Å²) in [6.07, 6.45) is 4.42. The average molecular weight is 355 g/mol. The Morgan fingerprint density at radius 2 is 1.92 bits per heavy atom. The predicted octanol–water partition coefficient (Wildman–Crippen LogP) is 3.59. The van der Waals surface area contributed by atoms with Gasteiger partial charge in [-0.2, -0.15) is 0 Å². The maximum atomic E-state index is 4.32. The van der Waals surface area contributed by atoms with Crippen molar-refractivity contribution in [1.29, 1.82) is 0 Å². The van der Waals surface area contributed by atoms with Gasteiger partial charge in [0.05, 0.1) is 0 Å². The molecule has 1 aliphatic rings. The normalized spacial score (nSPS) is 15.4. The summed E-state index contributed by atoms with van der Waals surface area (Å²) < 4.78 is 0. The Morgan fingerprint density at radius 3 is 2.56 bits per heavy atom.